The summed E-state index contributed by atoms with van der Waals surface area (Å²) in [7, 11) is 1.62. The van der Waals surface area contributed by atoms with E-state index in [9.17, 15) is 22.8 Å². The fraction of sp³-hybridized carbons (Fsp3) is 0.333. The zero-order chi connectivity index (χ0) is 15.2. The van der Waals surface area contributed by atoms with Crippen LogP contribution in [0.2, 0.25) is 0 Å². The third-order valence-electron chi connectivity index (χ3n) is 2.22. The maximum absolute atomic E-state index is 11.9. The molecule has 1 rings (SSSR count). The molecule has 0 aliphatic rings. The number of alkyl halides is 3. The van der Waals surface area contributed by atoms with Gasteiger partial charge in [-0.3, -0.25) is 9.59 Å². The van der Waals surface area contributed by atoms with Gasteiger partial charge in [-0.1, -0.05) is 0 Å². The molecular formula is C12H15ClF3N3O2. The van der Waals surface area contributed by atoms with Crippen molar-refractivity contribution in [2.24, 2.45) is 0 Å². The zero-order valence-electron chi connectivity index (χ0n) is 11.1. The van der Waals surface area contributed by atoms with Gasteiger partial charge in [-0.15, -0.1) is 12.4 Å². The highest BCUT2D eigenvalue weighted by Crippen LogP contribution is 2.13. The maximum atomic E-state index is 11.9. The molecule has 0 aromatic heterocycles. The molecule has 3 N–H and O–H groups in total. The second-order valence-corrected chi connectivity index (χ2v) is 3.95. The van der Waals surface area contributed by atoms with Crippen LogP contribution in [0.5, 0.6) is 0 Å². The largest absolute Gasteiger partial charge is 0.405 e. The van der Waals surface area contributed by atoms with Crippen LogP contribution >= 0.6 is 12.4 Å². The van der Waals surface area contributed by atoms with E-state index in [-0.39, 0.29) is 30.4 Å². The summed E-state index contributed by atoms with van der Waals surface area (Å²) < 4.78 is 35.8. The normalized spacial score (nSPS) is 10.5. The SMILES string of the molecule is CNCC(=O)Nc1ccc(C(=O)NCC(F)(F)F)cc1.Cl. The zero-order valence-corrected chi connectivity index (χ0v) is 11.9. The molecule has 5 nitrogen and oxygen atoms in total. The first-order valence-electron chi connectivity index (χ1n) is 5.71. The van der Waals surface area contributed by atoms with Crippen molar-refractivity contribution in [3.05, 3.63) is 29.8 Å². The quantitative estimate of drug-likeness (QED) is 0.769. The van der Waals surface area contributed by atoms with Gasteiger partial charge in [0.25, 0.3) is 5.91 Å². The Morgan fingerprint density at radius 2 is 1.71 bits per heavy atom. The summed E-state index contributed by atoms with van der Waals surface area (Å²) in [5.41, 5.74) is 0.540. The summed E-state index contributed by atoms with van der Waals surface area (Å²) >= 11 is 0. The van der Waals surface area contributed by atoms with Crippen LogP contribution in [0.3, 0.4) is 0 Å². The molecule has 0 unspecified atom stereocenters. The number of hydrogen-bond donors (Lipinski definition) is 3. The van der Waals surface area contributed by atoms with Crippen LogP contribution in [0.1, 0.15) is 10.4 Å². The number of carbonyl (C=O) groups excluding carboxylic acids is 2. The molecule has 0 heterocycles. The lowest BCUT2D eigenvalue weighted by Crippen LogP contribution is -2.33. The Morgan fingerprint density at radius 3 is 2.19 bits per heavy atom. The van der Waals surface area contributed by atoms with E-state index in [0.717, 1.165) is 0 Å². The Kier molecular flexibility index (Phi) is 7.75. The van der Waals surface area contributed by atoms with Crippen LogP contribution in [0, 0.1) is 0 Å². The van der Waals surface area contributed by atoms with Crippen molar-refractivity contribution in [3.8, 4) is 0 Å². The summed E-state index contributed by atoms with van der Waals surface area (Å²) in [6.45, 7) is -1.25. The minimum atomic E-state index is -4.45. The first kappa shape index (κ1) is 19.2. The molecule has 0 aliphatic carbocycles. The number of anilines is 1. The molecule has 1 aromatic carbocycles. The van der Waals surface area contributed by atoms with Crippen LogP contribution in [0.25, 0.3) is 0 Å². The molecule has 1 aromatic rings. The lowest BCUT2D eigenvalue weighted by molar-refractivity contribution is -0.123. The molecule has 2 amide bonds. The van der Waals surface area contributed by atoms with Gasteiger partial charge in [0.2, 0.25) is 5.91 Å². The fourth-order valence-corrected chi connectivity index (χ4v) is 1.35. The van der Waals surface area contributed by atoms with Crippen molar-refractivity contribution in [3.63, 3.8) is 0 Å². The van der Waals surface area contributed by atoms with E-state index < -0.39 is 18.6 Å². The molecule has 0 aliphatic heterocycles. The number of amides is 2. The van der Waals surface area contributed by atoms with Gasteiger partial charge < -0.3 is 16.0 Å². The minimum absolute atomic E-state index is 0. The minimum Gasteiger partial charge on any atom is -0.343 e. The van der Waals surface area contributed by atoms with Crippen molar-refractivity contribution in [1.82, 2.24) is 10.6 Å². The number of hydrogen-bond acceptors (Lipinski definition) is 3. The fourth-order valence-electron chi connectivity index (χ4n) is 1.35. The standard InChI is InChI=1S/C12H14F3N3O2.ClH/c1-16-6-10(19)18-9-4-2-8(3-5-9)11(20)17-7-12(13,14)15;/h2-5,16H,6-7H2,1H3,(H,17,20)(H,18,19);1H. The van der Waals surface area contributed by atoms with E-state index in [1.54, 1.807) is 12.4 Å². The van der Waals surface area contributed by atoms with Crippen LogP contribution in [0.15, 0.2) is 24.3 Å². The van der Waals surface area contributed by atoms with E-state index in [1.165, 1.54) is 24.3 Å². The number of benzene rings is 1. The average Bonchev–Trinajstić information content (AvgIpc) is 2.36. The summed E-state index contributed by atoms with van der Waals surface area (Å²) in [4.78, 5) is 22.7. The summed E-state index contributed by atoms with van der Waals surface area (Å²) in [6, 6.07) is 5.55. The smallest absolute Gasteiger partial charge is 0.343 e. The number of likely N-dealkylation sites (N-methyl/N-ethyl adjacent to an activating group) is 1. The van der Waals surface area contributed by atoms with Crippen molar-refractivity contribution >= 4 is 29.9 Å². The number of halogens is 4. The van der Waals surface area contributed by atoms with Gasteiger partial charge in [0.15, 0.2) is 0 Å². The third-order valence-corrected chi connectivity index (χ3v) is 2.22. The predicted molar refractivity (Wildman–Crippen MR) is 74.6 cm³/mol. The molecular weight excluding hydrogens is 311 g/mol. The Bertz CT molecular complexity index is 478. The lowest BCUT2D eigenvalue weighted by Gasteiger charge is -2.09. The summed E-state index contributed by atoms with van der Waals surface area (Å²) in [5, 5.41) is 6.98. The third kappa shape index (κ3) is 7.52. The molecule has 0 bridgehead atoms. The topological polar surface area (TPSA) is 70.2 Å². The molecule has 9 heteroatoms. The highest BCUT2D eigenvalue weighted by molar-refractivity contribution is 5.96. The predicted octanol–water partition coefficient (Wildman–Crippen LogP) is 1.56. The highest BCUT2D eigenvalue weighted by Gasteiger charge is 2.27. The van der Waals surface area contributed by atoms with Crippen molar-refractivity contribution in [2.45, 2.75) is 6.18 Å². The number of carbonyl (C=O) groups is 2. The van der Waals surface area contributed by atoms with Crippen LogP contribution < -0.4 is 16.0 Å². The number of rotatable bonds is 5. The Labute approximate surface area is 125 Å². The summed E-state index contributed by atoms with van der Waals surface area (Å²) in [5.74, 6) is -1.09. The first-order chi connectivity index (χ1) is 9.31. The van der Waals surface area contributed by atoms with Crippen molar-refractivity contribution < 1.29 is 22.8 Å². The second-order valence-electron chi connectivity index (χ2n) is 3.95. The van der Waals surface area contributed by atoms with Gasteiger partial charge in [0.05, 0.1) is 6.54 Å². The highest BCUT2D eigenvalue weighted by atomic mass is 35.5. The molecule has 0 fully saturated rings. The second kappa shape index (κ2) is 8.48. The monoisotopic (exact) mass is 325 g/mol. The van der Waals surface area contributed by atoms with E-state index in [0.29, 0.717) is 5.69 Å². The van der Waals surface area contributed by atoms with Gasteiger partial charge in [-0.25, -0.2) is 0 Å². The van der Waals surface area contributed by atoms with E-state index >= 15 is 0 Å². The van der Waals surface area contributed by atoms with E-state index in [2.05, 4.69) is 10.6 Å². The average molecular weight is 326 g/mol. The van der Waals surface area contributed by atoms with Crippen LogP contribution in [-0.4, -0.2) is 38.1 Å². The summed E-state index contributed by atoms with van der Waals surface area (Å²) in [6.07, 6.45) is -4.45. The van der Waals surface area contributed by atoms with Crippen LogP contribution in [-0.2, 0) is 4.79 Å². The van der Waals surface area contributed by atoms with E-state index in [4.69, 9.17) is 0 Å². The first-order valence-corrected chi connectivity index (χ1v) is 5.71. The van der Waals surface area contributed by atoms with E-state index in [1.807, 2.05) is 0 Å². The molecule has 0 saturated carbocycles. The van der Waals surface area contributed by atoms with Gasteiger partial charge in [0, 0.05) is 11.3 Å². The van der Waals surface area contributed by atoms with Crippen LogP contribution in [0.4, 0.5) is 18.9 Å². The molecule has 118 valence electrons. The maximum Gasteiger partial charge on any atom is 0.405 e. The molecule has 21 heavy (non-hydrogen) atoms. The molecule has 0 spiro atoms. The van der Waals surface area contributed by atoms with Gasteiger partial charge >= 0.3 is 6.18 Å². The van der Waals surface area contributed by atoms with Crippen molar-refractivity contribution in [2.75, 3.05) is 25.5 Å². The lowest BCUT2D eigenvalue weighted by atomic mass is 10.2. The van der Waals surface area contributed by atoms with Gasteiger partial charge in [0.1, 0.15) is 6.54 Å². The number of nitrogens with one attached hydrogen (secondary N) is 3. The Morgan fingerprint density at radius 1 is 1.14 bits per heavy atom. The van der Waals surface area contributed by atoms with Crippen molar-refractivity contribution in [1.29, 1.82) is 0 Å². The van der Waals surface area contributed by atoms with Gasteiger partial charge in [-0.05, 0) is 31.3 Å². The molecule has 0 saturated heterocycles. The Hall–Kier alpha value is -1.80. The molecule has 0 radical (unpaired) electrons. The van der Waals surface area contributed by atoms with Gasteiger partial charge in [-0.2, -0.15) is 13.2 Å². The molecule has 0 atom stereocenters. The Balaban J connectivity index is 0.00000400.